The summed E-state index contributed by atoms with van der Waals surface area (Å²) in [5.74, 6) is -0.622. The summed E-state index contributed by atoms with van der Waals surface area (Å²) in [7, 11) is 0. The average molecular weight is 215 g/mol. The lowest BCUT2D eigenvalue weighted by atomic mass is 10.2. The second-order valence-corrected chi connectivity index (χ2v) is 3.32. The molecule has 1 saturated heterocycles. The monoisotopic (exact) mass is 215 g/mol. The van der Waals surface area contributed by atoms with Crippen molar-refractivity contribution in [2.45, 2.75) is 0 Å². The molecular weight excluding hydrogens is 204 g/mol. The van der Waals surface area contributed by atoms with E-state index in [9.17, 15) is 8.92 Å². The van der Waals surface area contributed by atoms with Gasteiger partial charge in [0.05, 0.1) is 13.2 Å². The first-order valence-corrected chi connectivity index (χ1v) is 4.71. The number of rotatable bonds is 2. The zero-order valence-electron chi connectivity index (χ0n) is 8.08. The van der Waals surface area contributed by atoms with E-state index >= 15 is 0 Å². The molecular formula is C10H11F2NO2. The highest BCUT2D eigenvalue weighted by molar-refractivity contribution is 5.51. The number of halogens is 2. The number of benzene rings is 1. The number of hydrogen-bond donors (Lipinski definition) is 0. The van der Waals surface area contributed by atoms with Crippen molar-refractivity contribution in [2.75, 3.05) is 31.2 Å². The van der Waals surface area contributed by atoms with Crippen LogP contribution in [0.1, 0.15) is 0 Å². The molecule has 0 N–H and O–H groups in total. The molecule has 0 unspecified atom stereocenters. The Bertz CT molecular complexity index is 340. The average Bonchev–Trinajstić information content (AvgIpc) is 2.29. The zero-order valence-corrected chi connectivity index (χ0v) is 8.08. The molecule has 2 rings (SSSR count). The number of nitrogens with zero attached hydrogens (tertiary/aromatic N) is 1. The Kier molecular flexibility index (Phi) is 3.01. The number of ether oxygens (including phenoxy) is 1. The van der Waals surface area contributed by atoms with E-state index in [1.807, 2.05) is 4.90 Å². The SMILES string of the molecule is FOc1cc(F)cc(N2CCOCC2)c1. The smallest absolute Gasteiger partial charge is 0.176 e. The van der Waals surface area contributed by atoms with E-state index in [1.54, 1.807) is 0 Å². The normalized spacial score (nSPS) is 16.5. The zero-order chi connectivity index (χ0) is 10.7. The molecule has 0 amide bonds. The Morgan fingerprint density at radius 3 is 2.60 bits per heavy atom. The quantitative estimate of drug-likeness (QED) is 0.752. The summed E-state index contributed by atoms with van der Waals surface area (Å²) in [4.78, 5) is 5.45. The Morgan fingerprint density at radius 2 is 1.93 bits per heavy atom. The van der Waals surface area contributed by atoms with Gasteiger partial charge in [-0.1, -0.05) is 0 Å². The van der Waals surface area contributed by atoms with Crippen LogP contribution < -0.4 is 9.84 Å². The Morgan fingerprint density at radius 1 is 1.20 bits per heavy atom. The van der Waals surface area contributed by atoms with Gasteiger partial charge in [-0.05, 0) is 6.07 Å². The largest absolute Gasteiger partial charge is 0.378 e. The first-order chi connectivity index (χ1) is 7.29. The predicted octanol–water partition coefficient (Wildman–Crippen LogP) is 1.93. The van der Waals surface area contributed by atoms with Gasteiger partial charge in [0.15, 0.2) is 5.75 Å². The molecule has 0 spiro atoms. The van der Waals surface area contributed by atoms with Gasteiger partial charge >= 0.3 is 0 Å². The maximum Gasteiger partial charge on any atom is 0.176 e. The Labute approximate surface area is 86.1 Å². The van der Waals surface area contributed by atoms with Crippen molar-refractivity contribution in [3.8, 4) is 5.75 Å². The summed E-state index contributed by atoms with van der Waals surface area (Å²) in [5.41, 5.74) is 0.617. The summed E-state index contributed by atoms with van der Waals surface area (Å²) in [5, 5.41) is 0. The molecule has 5 heteroatoms. The third-order valence-electron chi connectivity index (χ3n) is 2.32. The van der Waals surface area contributed by atoms with Crippen molar-refractivity contribution in [3.05, 3.63) is 24.0 Å². The molecule has 0 radical (unpaired) electrons. The Hall–Kier alpha value is -1.36. The lowest BCUT2D eigenvalue weighted by molar-refractivity contribution is -0.00651. The first kappa shape index (κ1) is 10.2. The van der Waals surface area contributed by atoms with Crippen LogP contribution in [-0.4, -0.2) is 26.3 Å². The molecule has 1 heterocycles. The van der Waals surface area contributed by atoms with Gasteiger partial charge in [0.1, 0.15) is 5.82 Å². The van der Waals surface area contributed by atoms with Gasteiger partial charge in [0, 0.05) is 35.4 Å². The maximum absolute atomic E-state index is 13.1. The first-order valence-electron chi connectivity index (χ1n) is 4.71. The summed E-state index contributed by atoms with van der Waals surface area (Å²) < 4.78 is 30.2. The van der Waals surface area contributed by atoms with Gasteiger partial charge in [0.2, 0.25) is 0 Å². The van der Waals surface area contributed by atoms with Gasteiger partial charge in [-0.2, -0.15) is 0 Å². The van der Waals surface area contributed by atoms with E-state index in [4.69, 9.17) is 4.74 Å². The van der Waals surface area contributed by atoms with E-state index in [0.29, 0.717) is 32.0 Å². The fourth-order valence-corrected chi connectivity index (χ4v) is 1.60. The highest BCUT2D eigenvalue weighted by atomic mass is 19.3. The maximum atomic E-state index is 13.1. The van der Waals surface area contributed by atoms with Gasteiger partial charge in [-0.25, -0.2) is 4.39 Å². The molecule has 1 fully saturated rings. The highest BCUT2D eigenvalue weighted by Gasteiger charge is 2.13. The molecule has 0 aromatic heterocycles. The molecule has 1 aliphatic heterocycles. The third-order valence-corrected chi connectivity index (χ3v) is 2.32. The second kappa shape index (κ2) is 4.44. The summed E-state index contributed by atoms with van der Waals surface area (Å²) in [6.07, 6.45) is 0. The fraction of sp³-hybridized carbons (Fsp3) is 0.400. The van der Waals surface area contributed by atoms with Crippen LogP contribution in [-0.2, 0) is 4.74 Å². The summed E-state index contributed by atoms with van der Waals surface area (Å²) >= 11 is 0. The van der Waals surface area contributed by atoms with Crippen LogP contribution in [0.25, 0.3) is 0 Å². The molecule has 1 aromatic carbocycles. The standard InChI is InChI=1S/C10H11F2NO2/c11-8-5-9(7-10(6-8)15-12)13-1-3-14-4-2-13/h5-7H,1-4H2. The number of morpholine rings is 1. The van der Waals surface area contributed by atoms with Crippen LogP contribution in [0.15, 0.2) is 18.2 Å². The molecule has 82 valence electrons. The van der Waals surface area contributed by atoms with Crippen molar-refractivity contribution >= 4 is 5.69 Å². The highest BCUT2D eigenvalue weighted by Crippen LogP contribution is 2.24. The van der Waals surface area contributed by atoms with Crippen LogP contribution in [0.3, 0.4) is 0 Å². The third kappa shape index (κ3) is 2.36. The van der Waals surface area contributed by atoms with Crippen LogP contribution in [0.5, 0.6) is 5.75 Å². The van der Waals surface area contributed by atoms with Crippen molar-refractivity contribution < 1.29 is 18.6 Å². The minimum Gasteiger partial charge on any atom is -0.378 e. The Balaban J connectivity index is 2.22. The number of hydrogen-bond acceptors (Lipinski definition) is 3. The van der Waals surface area contributed by atoms with E-state index in [-0.39, 0.29) is 5.75 Å². The van der Waals surface area contributed by atoms with Crippen LogP contribution >= 0.6 is 0 Å². The molecule has 15 heavy (non-hydrogen) atoms. The molecule has 0 aliphatic carbocycles. The molecule has 0 saturated carbocycles. The molecule has 3 nitrogen and oxygen atoms in total. The second-order valence-electron chi connectivity index (χ2n) is 3.32. The summed E-state index contributed by atoms with van der Waals surface area (Å²) in [6, 6.07) is 3.83. The fourth-order valence-electron chi connectivity index (χ4n) is 1.60. The van der Waals surface area contributed by atoms with Gasteiger partial charge < -0.3 is 9.64 Å². The lowest BCUT2D eigenvalue weighted by Gasteiger charge is -2.28. The van der Waals surface area contributed by atoms with E-state index in [1.165, 1.54) is 12.1 Å². The molecule has 0 bridgehead atoms. The van der Waals surface area contributed by atoms with Crippen molar-refractivity contribution in [3.63, 3.8) is 0 Å². The molecule has 1 aromatic rings. The topological polar surface area (TPSA) is 21.7 Å². The van der Waals surface area contributed by atoms with Gasteiger partial charge in [-0.3, -0.25) is 4.94 Å². The summed E-state index contributed by atoms with van der Waals surface area (Å²) in [6.45, 7) is 2.55. The van der Waals surface area contributed by atoms with Gasteiger partial charge in [0.25, 0.3) is 0 Å². The number of anilines is 1. The van der Waals surface area contributed by atoms with Crippen LogP contribution in [0.2, 0.25) is 0 Å². The van der Waals surface area contributed by atoms with Crippen molar-refractivity contribution in [2.24, 2.45) is 0 Å². The van der Waals surface area contributed by atoms with Gasteiger partial charge in [-0.15, -0.1) is 0 Å². The lowest BCUT2D eigenvalue weighted by Crippen LogP contribution is -2.36. The predicted molar refractivity (Wildman–Crippen MR) is 51.2 cm³/mol. The van der Waals surface area contributed by atoms with Crippen molar-refractivity contribution in [1.29, 1.82) is 0 Å². The van der Waals surface area contributed by atoms with Crippen molar-refractivity contribution in [1.82, 2.24) is 0 Å². The van der Waals surface area contributed by atoms with Crippen LogP contribution in [0, 0.1) is 5.82 Å². The van der Waals surface area contributed by atoms with E-state index in [0.717, 1.165) is 6.07 Å². The van der Waals surface area contributed by atoms with E-state index < -0.39 is 5.82 Å². The minimum absolute atomic E-state index is 0.114. The minimum atomic E-state index is -0.508. The molecule has 0 atom stereocenters. The van der Waals surface area contributed by atoms with E-state index in [2.05, 4.69) is 4.94 Å². The van der Waals surface area contributed by atoms with Crippen LogP contribution in [0.4, 0.5) is 14.6 Å². The molecule has 1 aliphatic rings.